The number of hydrogen-bond acceptors (Lipinski definition) is 3. The number of nitrogens with one attached hydrogen (secondary N) is 2. The number of carboxylic acid groups (broad SMARTS) is 1. The number of rotatable bonds is 5. The fourth-order valence-corrected chi connectivity index (χ4v) is 2.51. The van der Waals surface area contributed by atoms with Crippen molar-refractivity contribution in [3.05, 3.63) is 28.8 Å². The molecule has 1 aromatic carbocycles. The Bertz CT molecular complexity index is 648. The smallest absolute Gasteiger partial charge is 0.326 e. The SMILES string of the molecule is CC(C)[C@@H](NC(=O)c1cc(N2CCNC2=O)ccc1Cl)C(=O)O. The molecule has 3 amide bonds. The van der Waals surface area contributed by atoms with E-state index in [1.54, 1.807) is 19.9 Å². The Morgan fingerprint density at radius 1 is 1.39 bits per heavy atom. The average molecular weight is 340 g/mol. The first-order valence-corrected chi connectivity index (χ1v) is 7.57. The predicted molar refractivity (Wildman–Crippen MR) is 85.9 cm³/mol. The molecule has 1 atom stereocenters. The summed E-state index contributed by atoms with van der Waals surface area (Å²) in [6, 6.07) is 3.38. The van der Waals surface area contributed by atoms with Gasteiger partial charge in [-0.1, -0.05) is 25.4 Å². The Kier molecular flexibility index (Phi) is 5.10. The molecule has 0 bridgehead atoms. The van der Waals surface area contributed by atoms with E-state index < -0.39 is 17.9 Å². The number of carbonyl (C=O) groups is 3. The Labute approximate surface area is 138 Å². The zero-order valence-electron chi connectivity index (χ0n) is 12.8. The summed E-state index contributed by atoms with van der Waals surface area (Å²) in [5, 5.41) is 14.5. The van der Waals surface area contributed by atoms with E-state index in [9.17, 15) is 14.4 Å². The van der Waals surface area contributed by atoms with Gasteiger partial charge in [0.25, 0.3) is 5.91 Å². The number of nitrogens with zero attached hydrogens (tertiary/aromatic N) is 1. The fraction of sp³-hybridized carbons (Fsp3) is 0.400. The number of carboxylic acids is 1. The highest BCUT2D eigenvalue weighted by molar-refractivity contribution is 6.34. The molecule has 1 aliphatic heterocycles. The van der Waals surface area contributed by atoms with Crippen molar-refractivity contribution in [1.82, 2.24) is 10.6 Å². The van der Waals surface area contributed by atoms with Crippen LogP contribution in [0.2, 0.25) is 5.02 Å². The van der Waals surface area contributed by atoms with Crippen molar-refractivity contribution < 1.29 is 19.5 Å². The summed E-state index contributed by atoms with van der Waals surface area (Å²) in [4.78, 5) is 36.7. The van der Waals surface area contributed by atoms with Crippen LogP contribution in [0.25, 0.3) is 0 Å². The van der Waals surface area contributed by atoms with Gasteiger partial charge < -0.3 is 15.7 Å². The van der Waals surface area contributed by atoms with Gasteiger partial charge >= 0.3 is 12.0 Å². The minimum Gasteiger partial charge on any atom is -0.480 e. The van der Waals surface area contributed by atoms with Gasteiger partial charge in [0, 0.05) is 18.8 Å². The molecule has 0 radical (unpaired) electrons. The van der Waals surface area contributed by atoms with Gasteiger partial charge in [0.1, 0.15) is 6.04 Å². The van der Waals surface area contributed by atoms with E-state index in [0.717, 1.165) is 0 Å². The van der Waals surface area contributed by atoms with Crippen LogP contribution in [0.1, 0.15) is 24.2 Å². The molecule has 1 fully saturated rings. The van der Waals surface area contributed by atoms with Crippen LogP contribution >= 0.6 is 11.6 Å². The maximum absolute atomic E-state index is 12.4. The minimum absolute atomic E-state index is 0.135. The summed E-state index contributed by atoms with van der Waals surface area (Å²) in [6.45, 7) is 4.42. The minimum atomic E-state index is -1.11. The van der Waals surface area contributed by atoms with Crippen LogP contribution in [0.5, 0.6) is 0 Å². The zero-order chi connectivity index (χ0) is 17.1. The Balaban J connectivity index is 2.26. The van der Waals surface area contributed by atoms with E-state index in [-0.39, 0.29) is 22.5 Å². The van der Waals surface area contributed by atoms with E-state index in [4.69, 9.17) is 16.7 Å². The molecule has 124 valence electrons. The van der Waals surface area contributed by atoms with E-state index in [1.807, 2.05) is 0 Å². The lowest BCUT2D eigenvalue weighted by molar-refractivity contribution is -0.140. The number of carbonyl (C=O) groups excluding carboxylic acids is 2. The molecule has 0 aromatic heterocycles. The van der Waals surface area contributed by atoms with Gasteiger partial charge in [0.2, 0.25) is 0 Å². The van der Waals surface area contributed by atoms with Crippen LogP contribution in [-0.2, 0) is 4.79 Å². The summed E-state index contributed by atoms with van der Waals surface area (Å²) in [6.07, 6.45) is 0. The van der Waals surface area contributed by atoms with E-state index in [0.29, 0.717) is 18.8 Å². The number of urea groups is 1. The zero-order valence-corrected chi connectivity index (χ0v) is 13.6. The van der Waals surface area contributed by atoms with Crippen LogP contribution < -0.4 is 15.5 Å². The maximum Gasteiger partial charge on any atom is 0.326 e. The number of aliphatic carboxylic acids is 1. The quantitative estimate of drug-likeness (QED) is 0.760. The Morgan fingerprint density at radius 3 is 2.61 bits per heavy atom. The van der Waals surface area contributed by atoms with E-state index in [1.165, 1.54) is 17.0 Å². The molecule has 1 saturated heterocycles. The molecule has 23 heavy (non-hydrogen) atoms. The lowest BCUT2D eigenvalue weighted by atomic mass is 10.0. The molecular weight excluding hydrogens is 322 g/mol. The van der Waals surface area contributed by atoms with Crippen molar-refractivity contribution in [2.75, 3.05) is 18.0 Å². The first-order chi connectivity index (χ1) is 10.8. The molecule has 0 spiro atoms. The standard InChI is InChI=1S/C15H18ClN3O4/c1-8(2)12(14(21)22)18-13(20)10-7-9(3-4-11(10)16)19-6-5-17-15(19)23/h3-4,7-8,12H,5-6H2,1-2H3,(H,17,23)(H,18,20)(H,21,22)/t12-/m1/s1. The molecule has 7 nitrogen and oxygen atoms in total. The van der Waals surface area contributed by atoms with Crippen molar-refractivity contribution in [3.8, 4) is 0 Å². The molecule has 8 heteroatoms. The van der Waals surface area contributed by atoms with Gasteiger partial charge in [0.15, 0.2) is 0 Å². The monoisotopic (exact) mass is 339 g/mol. The highest BCUT2D eigenvalue weighted by Gasteiger charge is 2.26. The summed E-state index contributed by atoms with van der Waals surface area (Å²) >= 11 is 6.05. The summed E-state index contributed by atoms with van der Waals surface area (Å²) in [7, 11) is 0. The molecule has 0 unspecified atom stereocenters. The molecule has 1 heterocycles. The number of benzene rings is 1. The largest absolute Gasteiger partial charge is 0.480 e. The molecule has 2 rings (SSSR count). The fourth-order valence-electron chi connectivity index (χ4n) is 2.31. The Morgan fingerprint density at radius 2 is 2.09 bits per heavy atom. The normalized spacial score (nSPS) is 15.5. The second-order valence-electron chi connectivity index (χ2n) is 5.58. The summed E-state index contributed by atoms with van der Waals surface area (Å²) in [5.74, 6) is -1.97. The van der Waals surface area contributed by atoms with Crippen LogP contribution in [0.15, 0.2) is 18.2 Å². The van der Waals surface area contributed by atoms with Crippen LogP contribution in [0.4, 0.5) is 10.5 Å². The van der Waals surface area contributed by atoms with Crippen LogP contribution in [-0.4, -0.2) is 42.1 Å². The summed E-state index contributed by atoms with van der Waals surface area (Å²) < 4.78 is 0. The average Bonchev–Trinajstić information content (AvgIpc) is 2.90. The van der Waals surface area contributed by atoms with Crippen molar-refractivity contribution >= 4 is 35.2 Å². The number of hydrogen-bond donors (Lipinski definition) is 3. The third kappa shape index (κ3) is 3.73. The van der Waals surface area contributed by atoms with Crippen LogP contribution in [0, 0.1) is 5.92 Å². The van der Waals surface area contributed by atoms with Gasteiger partial charge in [-0.15, -0.1) is 0 Å². The lowest BCUT2D eigenvalue weighted by Gasteiger charge is -2.19. The second-order valence-corrected chi connectivity index (χ2v) is 5.99. The number of anilines is 1. The lowest BCUT2D eigenvalue weighted by Crippen LogP contribution is -2.44. The van der Waals surface area contributed by atoms with E-state index >= 15 is 0 Å². The molecule has 0 saturated carbocycles. The van der Waals surface area contributed by atoms with Gasteiger partial charge in [0.05, 0.1) is 10.6 Å². The van der Waals surface area contributed by atoms with Crippen molar-refractivity contribution in [1.29, 1.82) is 0 Å². The van der Waals surface area contributed by atoms with E-state index in [2.05, 4.69) is 10.6 Å². The predicted octanol–water partition coefficient (Wildman–Crippen LogP) is 1.71. The Hall–Kier alpha value is -2.28. The highest BCUT2D eigenvalue weighted by atomic mass is 35.5. The topological polar surface area (TPSA) is 98.7 Å². The third-order valence-electron chi connectivity index (χ3n) is 3.58. The second kappa shape index (κ2) is 6.87. The molecular formula is C15H18ClN3O4. The van der Waals surface area contributed by atoms with Gasteiger partial charge in [-0.25, -0.2) is 9.59 Å². The van der Waals surface area contributed by atoms with Gasteiger partial charge in [-0.2, -0.15) is 0 Å². The van der Waals surface area contributed by atoms with Gasteiger partial charge in [-0.3, -0.25) is 9.69 Å². The third-order valence-corrected chi connectivity index (χ3v) is 3.91. The first kappa shape index (κ1) is 17.1. The van der Waals surface area contributed by atoms with Crippen molar-refractivity contribution in [2.45, 2.75) is 19.9 Å². The van der Waals surface area contributed by atoms with Crippen molar-refractivity contribution in [2.24, 2.45) is 5.92 Å². The van der Waals surface area contributed by atoms with Gasteiger partial charge in [-0.05, 0) is 24.1 Å². The maximum atomic E-state index is 12.4. The summed E-state index contributed by atoms with van der Waals surface area (Å²) in [5.41, 5.74) is 0.668. The van der Waals surface area contributed by atoms with Crippen LogP contribution in [0.3, 0.4) is 0 Å². The highest BCUT2D eigenvalue weighted by Crippen LogP contribution is 2.24. The molecule has 3 N–H and O–H groups in total. The number of halogens is 1. The molecule has 1 aliphatic rings. The van der Waals surface area contributed by atoms with Crippen molar-refractivity contribution in [3.63, 3.8) is 0 Å². The molecule has 1 aromatic rings. The molecule has 0 aliphatic carbocycles. The first-order valence-electron chi connectivity index (χ1n) is 7.20. The number of amides is 3.